The zero-order valence-corrected chi connectivity index (χ0v) is 12.8. The SMILES string of the molecule is Cc1c(Cl)cccc1-c1nc(Cl)c2c(Cl)cccc2n1. The monoisotopic (exact) mass is 322 g/mol. The molecule has 0 bridgehead atoms. The first kappa shape index (κ1) is 13.6. The lowest BCUT2D eigenvalue weighted by atomic mass is 10.1. The molecule has 0 aliphatic heterocycles. The van der Waals surface area contributed by atoms with Crippen molar-refractivity contribution in [3.63, 3.8) is 0 Å². The van der Waals surface area contributed by atoms with Crippen LogP contribution in [0.15, 0.2) is 36.4 Å². The molecule has 0 saturated heterocycles. The third-order valence-corrected chi connectivity index (χ3v) is 4.13. The van der Waals surface area contributed by atoms with E-state index in [4.69, 9.17) is 34.8 Å². The molecule has 3 aromatic rings. The van der Waals surface area contributed by atoms with Gasteiger partial charge in [-0.05, 0) is 30.7 Å². The highest BCUT2D eigenvalue weighted by molar-refractivity contribution is 6.41. The molecule has 0 spiro atoms. The van der Waals surface area contributed by atoms with Crippen molar-refractivity contribution >= 4 is 45.7 Å². The second-order valence-corrected chi connectivity index (χ2v) is 5.56. The summed E-state index contributed by atoms with van der Waals surface area (Å²) in [5.74, 6) is 0.546. The Hall–Kier alpha value is -1.35. The summed E-state index contributed by atoms with van der Waals surface area (Å²) in [6.07, 6.45) is 0. The summed E-state index contributed by atoms with van der Waals surface area (Å²) in [6, 6.07) is 11.1. The van der Waals surface area contributed by atoms with Gasteiger partial charge in [-0.2, -0.15) is 0 Å². The number of hydrogen-bond acceptors (Lipinski definition) is 2. The summed E-state index contributed by atoms with van der Waals surface area (Å²) in [6.45, 7) is 1.93. The predicted molar refractivity (Wildman–Crippen MR) is 84.7 cm³/mol. The van der Waals surface area contributed by atoms with Gasteiger partial charge >= 0.3 is 0 Å². The minimum absolute atomic E-state index is 0.343. The Bertz CT molecular complexity index is 816. The predicted octanol–water partition coefficient (Wildman–Crippen LogP) is 5.57. The van der Waals surface area contributed by atoms with E-state index >= 15 is 0 Å². The van der Waals surface area contributed by atoms with E-state index in [1.54, 1.807) is 6.07 Å². The highest BCUT2D eigenvalue weighted by Crippen LogP contribution is 2.32. The fourth-order valence-corrected chi connectivity index (χ4v) is 2.83. The zero-order valence-electron chi connectivity index (χ0n) is 10.5. The lowest BCUT2D eigenvalue weighted by molar-refractivity contribution is 1.21. The molecule has 2 nitrogen and oxygen atoms in total. The van der Waals surface area contributed by atoms with Crippen molar-refractivity contribution in [1.29, 1.82) is 0 Å². The van der Waals surface area contributed by atoms with Crippen LogP contribution < -0.4 is 0 Å². The first-order chi connectivity index (χ1) is 9.58. The minimum Gasteiger partial charge on any atom is -0.228 e. The molecule has 20 heavy (non-hydrogen) atoms. The van der Waals surface area contributed by atoms with Gasteiger partial charge in [0.25, 0.3) is 0 Å². The molecule has 0 aliphatic carbocycles. The Morgan fingerprint density at radius 3 is 2.35 bits per heavy atom. The summed E-state index contributed by atoms with van der Waals surface area (Å²) in [5, 5.41) is 2.23. The van der Waals surface area contributed by atoms with Gasteiger partial charge in [-0.15, -0.1) is 0 Å². The highest BCUT2D eigenvalue weighted by atomic mass is 35.5. The van der Waals surface area contributed by atoms with Crippen LogP contribution in [0.3, 0.4) is 0 Å². The van der Waals surface area contributed by atoms with Gasteiger partial charge in [0.1, 0.15) is 5.15 Å². The number of hydrogen-bond donors (Lipinski definition) is 0. The zero-order chi connectivity index (χ0) is 14.3. The van der Waals surface area contributed by atoms with Crippen molar-refractivity contribution in [2.24, 2.45) is 0 Å². The van der Waals surface area contributed by atoms with Crippen LogP contribution in [0.1, 0.15) is 5.56 Å². The Morgan fingerprint density at radius 1 is 0.850 bits per heavy atom. The largest absolute Gasteiger partial charge is 0.228 e. The average molecular weight is 324 g/mol. The van der Waals surface area contributed by atoms with Gasteiger partial charge in [0, 0.05) is 10.6 Å². The number of halogens is 3. The standard InChI is InChI=1S/C15H9Cl3N2/c1-8-9(4-2-5-10(8)16)15-19-12-7-3-6-11(17)13(12)14(18)20-15/h2-7H,1H3. The van der Waals surface area contributed by atoms with E-state index in [1.807, 2.05) is 37.3 Å². The van der Waals surface area contributed by atoms with Crippen molar-refractivity contribution in [3.8, 4) is 11.4 Å². The molecule has 100 valence electrons. The van der Waals surface area contributed by atoms with Gasteiger partial charge < -0.3 is 0 Å². The fraction of sp³-hybridized carbons (Fsp3) is 0.0667. The summed E-state index contributed by atoms with van der Waals surface area (Å²) in [7, 11) is 0. The van der Waals surface area contributed by atoms with E-state index in [1.165, 1.54) is 0 Å². The molecule has 2 aromatic carbocycles. The molecule has 0 amide bonds. The maximum absolute atomic E-state index is 6.24. The Kier molecular flexibility index (Phi) is 3.55. The molecule has 0 unspecified atom stereocenters. The highest BCUT2D eigenvalue weighted by Gasteiger charge is 2.12. The van der Waals surface area contributed by atoms with Gasteiger partial charge in [-0.3, -0.25) is 0 Å². The maximum atomic E-state index is 6.24. The molecule has 0 radical (unpaired) electrons. The summed E-state index contributed by atoms with van der Waals surface area (Å²) in [5.41, 5.74) is 2.50. The number of fused-ring (bicyclic) bond motifs is 1. The first-order valence-corrected chi connectivity index (χ1v) is 7.08. The van der Waals surface area contributed by atoms with Gasteiger partial charge in [0.2, 0.25) is 0 Å². The third kappa shape index (κ3) is 2.24. The Morgan fingerprint density at radius 2 is 1.55 bits per heavy atom. The van der Waals surface area contributed by atoms with E-state index in [2.05, 4.69) is 9.97 Å². The van der Waals surface area contributed by atoms with Crippen molar-refractivity contribution in [1.82, 2.24) is 9.97 Å². The summed E-state index contributed by atoms with van der Waals surface area (Å²) >= 11 is 18.5. The van der Waals surface area contributed by atoms with Gasteiger partial charge in [0.15, 0.2) is 5.82 Å². The van der Waals surface area contributed by atoms with Gasteiger partial charge in [0.05, 0.1) is 15.9 Å². The number of aromatic nitrogens is 2. The fourth-order valence-electron chi connectivity index (χ4n) is 2.07. The number of rotatable bonds is 1. The molecule has 3 rings (SSSR count). The van der Waals surface area contributed by atoms with E-state index < -0.39 is 0 Å². The van der Waals surface area contributed by atoms with Crippen LogP contribution in [-0.2, 0) is 0 Å². The maximum Gasteiger partial charge on any atom is 0.161 e. The quantitative estimate of drug-likeness (QED) is 0.547. The van der Waals surface area contributed by atoms with E-state index in [-0.39, 0.29) is 0 Å². The van der Waals surface area contributed by atoms with Crippen molar-refractivity contribution in [2.45, 2.75) is 6.92 Å². The normalized spacial score (nSPS) is 11.0. The Labute approximate surface area is 131 Å². The topological polar surface area (TPSA) is 25.8 Å². The van der Waals surface area contributed by atoms with Crippen LogP contribution in [-0.4, -0.2) is 9.97 Å². The van der Waals surface area contributed by atoms with Crippen LogP contribution in [0.5, 0.6) is 0 Å². The smallest absolute Gasteiger partial charge is 0.161 e. The molecule has 1 aromatic heterocycles. The van der Waals surface area contributed by atoms with Crippen molar-refractivity contribution in [3.05, 3.63) is 57.2 Å². The molecular formula is C15H9Cl3N2. The van der Waals surface area contributed by atoms with Gasteiger partial charge in [-0.25, -0.2) is 9.97 Å². The third-order valence-electron chi connectivity index (χ3n) is 3.14. The molecule has 0 atom stereocenters. The van der Waals surface area contributed by atoms with Crippen molar-refractivity contribution < 1.29 is 0 Å². The first-order valence-electron chi connectivity index (χ1n) is 5.95. The van der Waals surface area contributed by atoms with Crippen molar-refractivity contribution in [2.75, 3.05) is 0 Å². The molecule has 0 saturated carbocycles. The second-order valence-electron chi connectivity index (χ2n) is 4.38. The van der Waals surface area contributed by atoms with Gasteiger partial charge in [-0.1, -0.05) is 53.0 Å². The molecule has 0 aliphatic rings. The van der Waals surface area contributed by atoms with E-state index in [0.717, 1.165) is 11.1 Å². The average Bonchev–Trinajstić information content (AvgIpc) is 2.41. The molecular weight excluding hydrogens is 315 g/mol. The lowest BCUT2D eigenvalue weighted by Crippen LogP contribution is -1.94. The summed E-state index contributed by atoms with van der Waals surface area (Å²) in [4.78, 5) is 8.88. The molecule has 1 heterocycles. The number of nitrogens with zero attached hydrogens (tertiary/aromatic N) is 2. The van der Waals surface area contributed by atoms with Crippen LogP contribution >= 0.6 is 34.8 Å². The minimum atomic E-state index is 0.343. The van der Waals surface area contributed by atoms with Crippen LogP contribution in [0.2, 0.25) is 15.2 Å². The second kappa shape index (κ2) is 5.21. The van der Waals surface area contributed by atoms with Crippen LogP contribution in [0.4, 0.5) is 0 Å². The Balaban J connectivity index is 2.31. The molecule has 5 heteroatoms. The lowest BCUT2D eigenvalue weighted by Gasteiger charge is -2.09. The van der Waals surface area contributed by atoms with Crippen LogP contribution in [0, 0.1) is 6.92 Å². The summed E-state index contributed by atoms with van der Waals surface area (Å²) < 4.78 is 0. The van der Waals surface area contributed by atoms with E-state index in [9.17, 15) is 0 Å². The molecule has 0 fully saturated rings. The molecule has 0 N–H and O–H groups in total. The van der Waals surface area contributed by atoms with Crippen LogP contribution in [0.25, 0.3) is 22.3 Å². The van der Waals surface area contributed by atoms with E-state index in [0.29, 0.717) is 31.9 Å². The number of benzene rings is 2.